The first-order valence-corrected chi connectivity index (χ1v) is 10.2. The maximum absolute atomic E-state index is 12.9. The van der Waals surface area contributed by atoms with Crippen molar-refractivity contribution in [3.05, 3.63) is 54.1 Å². The van der Waals surface area contributed by atoms with E-state index in [2.05, 4.69) is 5.32 Å². The fourth-order valence-electron chi connectivity index (χ4n) is 3.17. The van der Waals surface area contributed by atoms with Crippen molar-refractivity contribution in [2.75, 3.05) is 19.0 Å². The molecule has 1 heterocycles. The third kappa shape index (κ3) is 4.54. The largest absolute Gasteiger partial charge is 0.497 e. The number of amides is 1. The number of rotatable bonds is 5. The summed E-state index contributed by atoms with van der Waals surface area (Å²) in [5.41, 5.74) is -0.942. The number of sulfonamides is 1. The number of halogens is 3. The summed E-state index contributed by atoms with van der Waals surface area (Å²) in [5.74, 6) is -0.178. The van der Waals surface area contributed by atoms with Crippen LogP contribution in [-0.2, 0) is 21.0 Å². The lowest BCUT2D eigenvalue weighted by Gasteiger charge is -2.23. The molecule has 6 nitrogen and oxygen atoms in total. The van der Waals surface area contributed by atoms with Crippen LogP contribution in [-0.4, -0.2) is 38.3 Å². The fraction of sp³-hybridized carbons (Fsp3) is 0.316. The highest BCUT2D eigenvalue weighted by Gasteiger charge is 2.39. The fourth-order valence-corrected chi connectivity index (χ4v) is 4.83. The van der Waals surface area contributed by atoms with Gasteiger partial charge in [-0.05, 0) is 55.3 Å². The molecule has 1 aliphatic rings. The topological polar surface area (TPSA) is 75.7 Å². The summed E-state index contributed by atoms with van der Waals surface area (Å²) in [4.78, 5) is 12.7. The molecule has 0 aromatic heterocycles. The van der Waals surface area contributed by atoms with E-state index in [1.54, 1.807) is 0 Å². The minimum Gasteiger partial charge on any atom is -0.497 e. The van der Waals surface area contributed by atoms with E-state index in [0.29, 0.717) is 12.2 Å². The third-order valence-corrected chi connectivity index (χ3v) is 6.55. The zero-order valence-electron chi connectivity index (χ0n) is 15.4. The zero-order valence-corrected chi connectivity index (χ0v) is 16.3. The second-order valence-electron chi connectivity index (χ2n) is 6.52. The Bertz CT molecular complexity index is 991. The quantitative estimate of drug-likeness (QED) is 0.791. The number of nitrogens with zero attached hydrogens (tertiary/aromatic N) is 1. The van der Waals surface area contributed by atoms with Gasteiger partial charge in [0.25, 0.3) is 0 Å². The molecule has 0 aliphatic carbocycles. The van der Waals surface area contributed by atoms with Crippen LogP contribution < -0.4 is 10.1 Å². The van der Waals surface area contributed by atoms with Crippen molar-refractivity contribution in [2.45, 2.75) is 30.0 Å². The van der Waals surface area contributed by atoms with E-state index in [0.717, 1.165) is 16.4 Å². The van der Waals surface area contributed by atoms with Gasteiger partial charge in [0.1, 0.15) is 11.8 Å². The smallest absolute Gasteiger partial charge is 0.416 e. The van der Waals surface area contributed by atoms with Crippen LogP contribution in [0.3, 0.4) is 0 Å². The van der Waals surface area contributed by atoms with E-state index in [9.17, 15) is 26.4 Å². The summed E-state index contributed by atoms with van der Waals surface area (Å²) in [6.07, 6.45) is -3.80. The minimum atomic E-state index is -4.54. The van der Waals surface area contributed by atoms with Crippen LogP contribution in [0, 0.1) is 0 Å². The van der Waals surface area contributed by atoms with Gasteiger partial charge in [-0.3, -0.25) is 4.79 Å². The number of carbonyl (C=O) groups is 1. The van der Waals surface area contributed by atoms with E-state index in [1.807, 2.05) is 0 Å². The highest BCUT2D eigenvalue weighted by atomic mass is 32.2. The second kappa shape index (κ2) is 8.03. The summed E-state index contributed by atoms with van der Waals surface area (Å²) < 4.78 is 70.6. The number of nitrogens with one attached hydrogen (secondary N) is 1. The second-order valence-corrected chi connectivity index (χ2v) is 8.41. The number of hydrogen-bond donors (Lipinski definition) is 1. The monoisotopic (exact) mass is 428 g/mol. The molecule has 0 spiro atoms. The number of anilines is 1. The number of methoxy groups -OCH3 is 1. The summed E-state index contributed by atoms with van der Waals surface area (Å²) in [7, 11) is -2.49. The lowest BCUT2D eigenvalue weighted by Crippen LogP contribution is -2.43. The lowest BCUT2D eigenvalue weighted by atomic mass is 10.1. The Kier molecular flexibility index (Phi) is 5.85. The Hall–Kier alpha value is -2.59. The van der Waals surface area contributed by atoms with Crippen molar-refractivity contribution in [3.63, 3.8) is 0 Å². The molecule has 1 atom stereocenters. The van der Waals surface area contributed by atoms with Gasteiger partial charge in [-0.1, -0.05) is 6.07 Å². The molecule has 2 aromatic rings. The highest BCUT2D eigenvalue weighted by molar-refractivity contribution is 7.89. The van der Waals surface area contributed by atoms with Crippen molar-refractivity contribution in [1.82, 2.24) is 4.31 Å². The van der Waals surface area contributed by atoms with Gasteiger partial charge >= 0.3 is 6.18 Å². The molecule has 0 radical (unpaired) electrons. The average molecular weight is 428 g/mol. The van der Waals surface area contributed by atoms with Crippen molar-refractivity contribution in [3.8, 4) is 5.75 Å². The summed E-state index contributed by atoms with van der Waals surface area (Å²) in [6.45, 7) is 0.148. The first-order chi connectivity index (χ1) is 13.6. The number of hydrogen-bond acceptors (Lipinski definition) is 4. The SMILES string of the molecule is COc1ccc(S(=O)(=O)N2CCCC2C(=O)Nc2cccc(C(F)(F)F)c2)cc1. The van der Waals surface area contributed by atoms with Crippen LogP contribution in [0.4, 0.5) is 18.9 Å². The zero-order chi connectivity index (χ0) is 21.2. The van der Waals surface area contributed by atoms with Gasteiger partial charge < -0.3 is 10.1 Å². The van der Waals surface area contributed by atoms with Crippen molar-refractivity contribution in [1.29, 1.82) is 0 Å². The molecule has 0 bridgehead atoms. The lowest BCUT2D eigenvalue weighted by molar-refractivity contribution is -0.137. The van der Waals surface area contributed by atoms with E-state index < -0.39 is 33.7 Å². The molecule has 1 unspecified atom stereocenters. The number of carbonyl (C=O) groups excluding carboxylic acids is 1. The molecule has 1 N–H and O–H groups in total. The first kappa shape index (κ1) is 21.1. The van der Waals surface area contributed by atoms with E-state index in [4.69, 9.17) is 4.74 Å². The van der Waals surface area contributed by atoms with E-state index >= 15 is 0 Å². The Morgan fingerprint density at radius 1 is 1.17 bits per heavy atom. The van der Waals surface area contributed by atoms with Crippen LogP contribution >= 0.6 is 0 Å². The van der Waals surface area contributed by atoms with Crippen LogP contribution in [0.1, 0.15) is 18.4 Å². The average Bonchev–Trinajstić information content (AvgIpc) is 3.18. The van der Waals surface area contributed by atoms with Gasteiger partial charge in [0, 0.05) is 12.2 Å². The summed E-state index contributed by atoms with van der Waals surface area (Å²) in [5, 5.41) is 2.40. The molecule has 2 aromatic carbocycles. The maximum atomic E-state index is 12.9. The molecular formula is C19H19F3N2O4S. The van der Waals surface area contributed by atoms with Crippen LogP contribution in [0.25, 0.3) is 0 Å². The number of alkyl halides is 3. The highest BCUT2D eigenvalue weighted by Crippen LogP contribution is 2.31. The van der Waals surface area contributed by atoms with E-state index in [1.165, 1.54) is 43.5 Å². The number of ether oxygens (including phenoxy) is 1. The Morgan fingerprint density at radius 3 is 2.48 bits per heavy atom. The molecular weight excluding hydrogens is 409 g/mol. The Morgan fingerprint density at radius 2 is 1.86 bits per heavy atom. The molecule has 10 heteroatoms. The van der Waals surface area contributed by atoms with Crippen molar-refractivity contribution >= 4 is 21.6 Å². The van der Waals surface area contributed by atoms with Crippen LogP contribution in [0.15, 0.2) is 53.4 Å². The molecule has 1 amide bonds. The van der Waals surface area contributed by atoms with Gasteiger partial charge in [0.15, 0.2) is 0 Å². The summed E-state index contributed by atoms with van der Waals surface area (Å²) >= 11 is 0. The standard InChI is InChI=1S/C19H19F3N2O4S/c1-28-15-7-9-16(10-8-15)29(26,27)24-11-3-6-17(24)18(25)23-14-5-2-4-13(12-14)19(20,21)22/h2,4-5,7-10,12,17H,3,6,11H2,1H3,(H,23,25). The normalized spacial score (nSPS) is 17.9. The molecule has 29 heavy (non-hydrogen) atoms. The minimum absolute atomic E-state index is 0.0112. The first-order valence-electron chi connectivity index (χ1n) is 8.77. The molecule has 156 valence electrons. The predicted octanol–water partition coefficient (Wildman–Crippen LogP) is 3.51. The Balaban J connectivity index is 1.80. The van der Waals surface area contributed by atoms with Gasteiger partial charge in [-0.25, -0.2) is 8.42 Å². The molecule has 1 fully saturated rings. The third-order valence-electron chi connectivity index (χ3n) is 4.63. The molecule has 3 rings (SSSR count). The van der Waals surface area contributed by atoms with Crippen molar-refractivity contribution in [2.24, 2.45) is 0 Å². The van der Waals surface area contributed by atoms with Crippen LogP contribution in [0.2, 0.25) is 0 Å². The number of benzene rings is 2. The van der Waals surface area contributed by atoms with E-state index in [-0.39, 0.29) is 23.5 Å². The molecule has 1 aliphatic heterocycles. The van der Waals surface area contributed by atoms with Crippen LogP contribution in [0.5, 0.6) is 5.75 Å². The van der Waals surface area contributed by atoms with Gasteiger partial charge in [-0.2, -0.15) is 17.5 Å². The molecule has 0 saturated carbocycles. The van der Waals surface area contributed by atoms with Gasteiger partial charge in [0.2, 0.25) is 15.9 Å². The summed E-state index contributed by atoms with van der Waals surface area (Å²) in [6, 6.07) is 8.98. The molecule has 1 saturated heterocycles. The maximum Gasteiger partial charge on any atom is 0.416 e. The Labute approximate surface area is 166 Å². The van der Waals surface area contributed by atoms with Gasteiger partial charge in [0.05, 0.1) is 17.6 Å². The van der Waals surface area contributed by atoms with Crippen molar-refractivity contribution < 1.29 is 31.1 Å². The predicted molar refractivity (Wildman–Crippen MR) is 100.0 cm³/mol. The van der Waals surface area contributed by atoms with Gasteiger partial charge in [-0.15, -0.1) is 0 Å².